The fraction of sp³-hybridized carbons (Fsp3) is 0.923. The van der Waals surface area contributed by atoms with Crippen molar-refractivity contribution in [2.24, 2.45) is 5.92 Å². The average molecular weight is 227 g/mol. The van der Waals surface area contributed by atoms with Crippen LogP contribution in [-0.2, 0) is 9.53 Å². The number of hydrogen-bond acceptors (Lipinski definition) is 3. The van der Waals surface area contributed by atoms with Gasteiger partial charge in [-0.1, -0.05) is 13.8 Å². The number of carbonyl (C=O) groups is 1. The van der Waals surface area contributed by atoms with E-state index in [1.807, 2.05) is 13.8 Å². The lowest BCUT2D eigenvalue weighted by atomic mass is 9.91. The van der Waals surface area contributed by atoms with Gasteiger partial charge in [0.2, 0.25) is 0 Å². The summed E-state index contributed by atoms with van der Waals surface area (Å²) in [6, 6.07) is 0. The minimum atomic E-state index is -0.455. The van der Waals surface area contributed by atoms with Gasteiger partial charge in [-0.2, -0.15) is 0 Å². The molecule has 2 atom stereocenters. The number of carbonyl (C=O) groups excluding carboxylic acids is 1. The topological polar surface area (TPSA) is 38.3 Å². The van der Waals surface area contributed by atoms with E-state index in [0.717, 1.165) is 32.2 Å². The maximum atomic E-state index is 12.0. The van der Waals surface area contributed by atoms with E-state index in [0.29, 0.717) is 5.92 Å². The van der Waals surface area contributed by atoms with Crippen LogP contribution >= 0.6 is 0 Å². The number of nitrogens with one attached hydrogen (secondary N) is 1. The van der Waals surface area contributed by atoms with Crippen molar-refractivity contribution in [3.05, 3.63) is 0 Å². The van der Waals surface area contributed by atoms with Crippen molar-refractivity contribution in [1.29, 1.82) is 0 Å². The molecule has 0 saturated carbocycles. The van der Waals surface area contributed by atoms with Crippen molar-refractivity contribution < 1.29 is 9.53 Å². The second-order valence-corrected chi connectivity index (χ2v) is 5.56. The molecule has 1 fully saturated rings. The largest absolute Gasteiger partial charge is 0.461 e. The van der Waals surface area contributed by atoms with Crippen LogP contribution in [0.4, 0.5) is 0 Å². The number of hydrogen-bond donors (Lipinski definition) is 1. The summed E-state index contributed by atoms with van der Waals surface area (Å²) in [5.74, 6) is 0.482. The molecule has 3 heteroatoms. The van der Waals surface area contributed by atoms with Crippen molar-refractivity contribution >= 4 is 5.97 Å². The standard InChI is InChI=1S/C13H25NO2/c1-10(2)9-11(3)16-12(15)13(4)7-5-6-8-14-13/h10-11,14H,5-9H2,1-4H3. The Bertz CT molecular complexity index is 232. The molecular formula is C13H25NO2. The Hall–Kier alpha value is -0.570. The molecule has 2 unspecified atom stereocenters. The van der Waals surface area contributed by atoms with Gasteiger partial charge in [-0.15, -0.1) is 0 Å². The molecule has 1 heterocycles. The molecule has 0 spiro atoms. The monoisotopic (exact) mass is 227 g/mol. The van der Waals surface area contributed by atoms with Crippen molar-refractivity contribution in [2.75, 3.05) is 6.54 Å². The highest BCUT2D eigenvalue weighted by Gasteiger charge is 2.36. The van der Waals surface area contributed by atoms with E-state index in [1.165, 1.54) is 0 Å². The third kappa shape index (κ3) is 3.78. The Kier molecular flexibility index (Phi) is 4.78. The molecular weight excluding hydrogens is 202 g/mol. The van der Waals surface area contributed by atoms with E-state index < -0.39 is 5.54 Å². The zero-order chi connectivity index (χ0) is 12.2. The smallest absolute Gasteiger partial charge is 0.326 e. The Morgan fingerprint density at radius 1 is 1.38 bits per heavy atom. The minimum absolute atomic E-state index is 0.0213. The quantitative estimate of drug-likeness (QED) is 0.750. The molecule has 1 N–H and O–H groups in total. The van der Waals surface area contributed by atoms with E-state index in [2.05, 4.69) is 19.2 Å². The summed E-state index contributed by atoms with van der Waals surface area (Å²) in [6.45, 7) is 9.14. The van der Waals surface area contributed by atoms with Crippen LogP contribution in [0.15, 0.2) is 0 Å². The molecule has 94 valence electrons. The zero-order valence-electron chi connectivity index (χ0n) is 11.0. The predicted molar refractivity (Wildman–Crippen MR) is 65.3 cm³/mol. The molecule has 1 aliphatic heterocycles. The first-order chi connectivity index (χ1) is 7.44. The molecule has 0 aromatic rings. The lowest BCUT2D eigenvalue weighted by molar-refractivity contribution is -0.157. The third-order valence-corrected chi connectivity index (χ3v) is 3.18. The fourth-order valence-corrected chi connectivity index (χ4v) is 2.26. The van der Waals surface area contributed by atoms with Gasteiger partial charge in [-0.05, 0) is 52.0 Å². The van der Waals surface area contributed by atoms with Crippen molar-refractivity contribution in [2.45, 2.75) is 65.0 Å². The Labute approximate surface area is 98.9 Å². The van der Waals surface area contributed by atoms with Gasteiger partial charge in [0.25, 0.3) is 0 Å². The second-order valence-electron chi connectivity index (χ2n) is 5.56. The van der Waals surface area contributed by atoms with Gasteiger partial charge in [-0.25, -0.2) is 0 Å². The van der Waals surface area contributed by atoms with Crippen molar-refractivity contribution in [3.63, 3.8) is 0 Å². The molecule has 0 aliphatic carbocycles. The summed E-state index contributed by atoms with van der Waals surface area (Å²) in [5.41, 5.74) is -0.455. The van der Waals surface area contributed by atoms with Gasteiger partial charge in [0.05, 0.1) is 6.10 Å². The maximum absolute atomic E-state index is 12.0. The summed E-state index contributed by atoms with van der Waals surface area (Å²) in [6.07, 6.45) is 4.11. The summed E-state index contributed by atoms with van der Waals surface area (Å²) in [5, 5.41) is 3.28. The van der Waals surface area contributed by atoms with Gasteiger partial charge in [0.1, 0.15) is 5.54 Å². The number of piperidine rings is 1. The average Bonchev–Trinajstić information content (AvgIpc) is 2.17. The highest BCUT2D eigenvalue weighted by atomic mass is 16.5. The fourth-order valence-electron chi connectivity index (χ4n) is 2.26. The first-order valence-corrected chi connectivity index (χ1v) is 6.40. The zero-order valence-corrected chi connectivity index (χ0v) is 11.0. The first kappa shape index (κ1) is 13.5. The van der Waals surface area contributed by atoms with E-state index in [1.54, 1.807) is 0 Å². The van der Waals surface area contributed by atoms with Crippen LogP contribution in [0.1, 0.15) is 53.4 Å². The number of ether oxygens (including phenoxy) is 1. The van der Waals surface area contributed by atoms with Gasteiger partial charge >= 0.3 is 5.97 Å². The molecule has 0 aromatic heterocycles. The van der Waals surface area contributed by atoms with Crippen molar-refractivity contribution in [1.82, 2.24) is 5.32 Å². The molecule has 1 aliphatic rings. The van der Waals surface area contributed by atoms with Gasteiger partial charge in [0, 0.05) is 0 Å². The first-order valence-electron chi connectivity index (χ1n) is 6.40. The van der Waals surface area contributed by atoms with Crippen LogP contribution in [0.25, 0.3) is 0 Å². The molecule has 16 heavy (non-hydrogen) atoms. The molecule has 0 radical (unpaired) electrons. The van der Waals surface area contributed by atoms with Crippen LogP contribution in [-0.4, -0.2) is 24.2 Å². The molecule has 0 amide bonds. The molecule has 0 aromatic carbocycles. The van der Waals surface area contributed by atoms with Gasteiger partial charge in [-0.3, -0.25) is 4.79 Å². The number of rotatable bonds is 4. The predicted octanol–water partition coefficient (Wildman–Crippen LogP) is 2.50. The molecule has 1 saturated heterocycles. The van der Waals surface area contributed by atoms with Gasteiger partial charge in [0.15, 0.2) is 0 Å². The summed E-state index contributed by atoms with van der Waals surface area (Å²) in [4.78, 5) is 12.0. The van der Waals surface area contributed by atoms with E-state index in [9.17, 15) is 4.79 Å². The van der Waals surface area contributed by atoms with Crippen LogP contribution < -0.4 is 5.32 Å². The Morgan fingerprint density at radius 3 is 2.56 bits per heavy atom. The summed E-state index contributed by atoms with van der Waals surface area (Å²) in [7, 11) is 0. The minimum Gasteiger partial charge on any atom is -0.461 e. The summed E-state index contributed by atoms with van der Waals surface area (Å²) < 4.78 is 5.50. The van der Waals surface area contributed by atoms with Crippen LogP contribution in [0.2, 0.25) is 0 Å². The Balaban J connectivity index is 2.44. The summed E-state index contributed by atoms with van der Waals surface area (Å²) >= 11 is 0. The third-order valence-electron chi connectivity index (χ3n) is 3.18. The highest BCUT2D eigenvalue weighted by Crippen LogP contribution is 2.21. The SMILES string of the molecule is CC(C)CC(C)OC(=O)C1(C)CCCCN1. The lowest BCUT2D eigenvalue weighted by Crippen LogP contribution is -2.53. The van der Waals surface area contributed by atoms with Crippen molar-refractivity contribution in [3.8, 4) is 0 Å². The van der Waals surface area contributed by atoms with Crippen LogP contribution in [0.3, 0.4) is 0 Å². The maximum Gasteiger partial charge on any atom is 0.326 e. The molecule has 1 rings (SSSR count). The Morgan fingerprint density at radius 2 is 2.06 bits per heavy atom. The molecule has 0 bridgehead atoms. The highest BCUT2D eigenvalue weighted by molar-refractivity contribution is 5.80. The second kappa shape index (κ2) is 5.67. The van der Waals surface area contributed by atoms with Crippen LogP contribution in [0, 0.1) is 5.92 Å². The van der Waals surface area contributed by atoms with Gasteiger partial charge < -0.3 is 10.1 Å². The normalized spacial score (nSPS) is 27.8. The van der Waals surface area contributed by atoms with E-state index in [-0.39, 0.29) is 12.1 Å². The van der Waals surface area contributed by atoms with Crippen LogP contribution in [0.5, 0.6) is 0 Å². The van der Waals surface area contributed by atoms with E-state index >= 15 is 0 Å². The number of esters is 1. The lowest BCUT2D eigenvalue weighted by Gasteiger charge is -2.33. The molecule has 3 nitrogen and oxygen atoms in total. The van der Waals surface area contributed by atoms with E-state index in [4.69, 9.17) is 4.74 Å².